The van der Waals surface area contributed by atoms with E-state index in [0.717, 1.165) is 79.8 Å². The van der Waals surface area contributed by atoms with Crippen LogP contribution < -0.4 is 5.32 Å². The minimum absolute atomic E-state index is 0.00622. The smallest absolute Gasteiger partial charge is 0.252 e. The summed E-state index contributed by atoms with van der Waals surface area (Å²) in [6, 6.07) is 5.93. The van der Waals surface area contributed by atoms with Crippen molar-refractivity contribution in [2.75, 3.05) is 13.1 Å². The predicted octanol–water partition coefficient (Wildman–Crippen LogP) is 5.45. The van der Waals surface area contributed by atoms with Crippen LogP contribution in [-0.4, -0.2) is 50.6 Å². The molecule has 1 aromatic carbocycles. The Balaban J connectivity index is 0.969. The van der Waals surface area contributed by atoms with E-state index < -0.39 is 11.3 Å². The highest BCUT2D eigenvalue weighted by Gasteiger charge is 2.56. The van der Waals surface area contributed by atoms with Crippen LogP contribution in [0.25, 0.3) is 10.9 Å². The fraction of sp³-hybridized carbons (Fsp3) is 0.607. The number of nitrogens with one attached hydrogen (secondary N) is 1. The third kappa shape index (κ3) is 5.04. The maximum absolute atomic E-state index is 13.5. The molecule has 0 saturated heterocycles. The fourth-order valence-corrected chi connectivity index (χ4v) is 7.73. The van der Waals surface area contributed by atoms with Gasteiger partial charge in [-0.15, -0.1) is 11.3 Å². The summed E-state index contributed by atoms with van der Waals surface area (Å²) in [5.74, 6) is -1.85. The molecule has 2 fully saturated rings. The number of benzene rings is 1. The lowest BCUT2D eigenvalue weighted by atomic mass is 9.68. The molecule has 2 aromatic heterocycles. The molecule has 0 spiro atoms. The van der Waals surface area contributed by atoms with E-state index >= 15 is 0 Å². The molecule has 3 aromatic rings. The molecule has 1 N–H and O–H groups in total. The van der Waals surface area contributed by atoms with Gasteiger partial charge in [0.1, 0.15) is 0 Å². The number of fused-ring (bicyclic) bond motifs is 2. The third-order valence-electron chi connectivity index (χ3n) is 8.57. The first-order valence-electron chi connectivity index (χ1n) is 13.5. The van der Waals surface area contributed by atoms with Crippen molar-refractivity contribution in [1.82, 2.24) is 25.0 Å². The number of carbonyl (C=O) groups is 1. The van der Waals surface area contributed by atoms with E-state index in [2.05, 4.69) is 15.3 Å². The van der Waals surface area contributed by atoms with Gasteiger partial charge in [-0.1, -0.05) is 13.0 Å². The first-order valence-corrected chi connectivity index (χ1v) is 14.3. The maximum Gasteiger partial charge on any atom is 0.252 e. The van der Waals surface area contributed by atoms with Crippen LogP contribution in [0.2, 0.25) is 0 Å². The van der Waals surface area contributed by atoms with E-state index in [9.17, 15) is 13.6 Å². The molecule has 2 saturated carbocycles. The van der Waals surface area contributed by atoms with Crippen molar-refractivity contribution in [2.45, 2.75) is 82.2 Å². The zero-order valence-electron chi connectivity index (χ0n) is 21.6. The van der Waals surface area contributed by atoms with Crippen molar-refractivity contribution in [3.63, 3.8) is 0 Å². The number of aromatic nitrogens is 3. The van der Waals surface area contributed by atoms with E-state index in [1.165, 1.54) is 4.88 Å². The van der Waals surface area contributed by atoms with Crippen LogP contribution in [0, 0.1) is 5.92 Å². The molecule has 2 aliphatic carbocycles. The van der Waals surface area contributed by atoms with Gasteiger partial charge >= 0.3 is 0 Å². The van der Waals surface area contributed by atoms with Crippen LogP contribution >= 0.6 is 11.3 Å². The summed E-state index contributed by atoms with van der Waals surface area (Å²) in [4.78, 5) is 21.6. The van der Waals surface area contributed by atoms with E-state index in [-0.39, 0.29) is 24.8 Å². The van der Waals surface area contributed by atoms with Gasteiger partial charge < -0.3 is 5.32 Å². The Bertz CT molecular complexity index is 1300. The van der Waals surface area contributed by atoms with Crippen molar-refractivity contribution in [3.05, 3.63) is 45.5 Å². The normalized spacial score (nSPS) is 25.0. The molecule has 37 heavy (non-hydrogen) atoms. The molecule has 198 valence electrons. The van der Waals surface area contributed by atoms with Crippen LogP contribution in [0.1, 0.15) is 77.8 Å². The Morgan fingerprint density at radius 2 is 2.00 bits per heavy atom. The largest absolute Gasteiger partial charge is 0.349 e. The van der Waals surface area contributed by atoms with Crippen molar-refractivity contribution < 1.29 is 13.6 Å². The standard InChI is InChI=1S/C28H35F2N5OS/c1-27(16-28(29,30)17-27)26-32-23-15-35(13-11-24(23)37-26)12-10-18-6-8-19(9-7-18)31-25(36)20-4-3-5-22-21(20)14-34(2)33-22/h3-5,14,18-19H,6-13,15-17H2,1-2H3,(H,31,36)/t18-,19-. The van der Waals surface area contributed by atoms with Crippen LogP contribution in [0.4, 0.5) is 8.78 Å². The average Bonchev–Trinajstić information content (AvgIpc) is 3.44. The second-order valence-electron chi connectivity index (χ2n) is 11.7. The van der Waals surface area contributed by atoms with Crippen molar-refractivity contribution >= 4 is 28.1 Å². The number of thiazole rings is 1. The lowest BCUT2D eigenvalue weighted by Gasteiger charge is -2.43. The number of aryl methyl sites for hydroxylation is 1. The quantitative estimate of drug-likeness (QED) is 0.463. The maximum atomic E-state index is 13.5. The second-order valence-corrected chi connectivity index (χ2v) is 12.8. The Morgan fingerprint density at radius 3 is 2.76 bits per heavy atom. The molecule has 3 heterocycles. The van der Waals surface area contributed by atoms with Gasteiger partial charge in [0.25, 0.3) is 5.91 Å². The molecule has 0 bridgehead atoms. The molecule has 0 radical (unpaired) electrons. The van der Waals surface area contributed by atoms with Gasteiger partial charge in [0.2, 0.25) is 5.92 Å². The molecule has 3 aliphatic rings. The Kier molecular flexibility index (Phi) is 6.34. The number of hydrogen-bond acceptors (Lipinski definition) is 5. The number of halogens is 2. The van der Waals surface area contributed by atoms with E-state index in [1.807, 2.05) is 38.4 Å². The summed E-state index contributed by atoms with van der Waals surface area (Å²) in [6.07, 6.45) is 8.20. The first kappa shape index (κ1) is 24.9. The Morgan fingerprint density at radius 1 is 1.22 bits per heavy atom. The number of hydrogen-bond donors (Lipinski definition) is 1. The van der Waals surface area contributed by atoms with Gasteiger partial charge in [0.05, 0.1) is 21.8 Å². The molecule has 6 rings (SSSR count). The number of alkyl halides is 2. The summed E-state index contributed by atoms with van der Waals surface area (Å²) in [6.45, 7) is 4.84. The molecule has 1 amide bonds. The molecular formula is C28H35F2N5OS. The SMILES string of the molecule is Cn1cc2c(C(=O)N[C@H]3CC[C@H](CCN4CCc5sc(C6(C)CC(F)(F)C6)nc5C4)CC3)cccc2n1. The van der Waals surface area contributed by atoms with Crippen molar-refractivity contribution in [3.8, 4) is 0 Å². The summed E-state index contributed by atoms with van der Waals surface area (Å²) < 4.78 is 28.8. The van der Waals surface area contributed by atoms with Gasteiger partial charge in [0, 0.05) is 60.9 Å². The van der Waals surface area contributed by atoms with Gasteiger partial charge in [-0.25, -0.2) is 13.8 Å². The summed E-state index contributed by atoms with van der Waals surface area (Å²) in [7, 11) is 1.87. The monoisotopic (exact) mass is 527 g/mol. The minimum Gasteiger partial charge on any atom is -0.349 e. The van der Waals surface area contributed by atoms with Crippen molar-refractivity contribution in [2.24, 2.45) is 13.0 Å². The number of nitrogens with zero attached hydrogens (tertiary/aromatic N) is 4. The van der Waals surface area contributed by atoms with Crippen molar-refractivity contribution in [1.29, 1.82) is 0 Å². The molecule has 1 aliphatic heterocycles. The zero-order chi connectivity index (χ0) is 25.8. The van der Waals surface area contributed by atoms with Gasteiger partial charge in [-0.3, -0.25) is 14.4 Å². The van der Waals surface area contributed by atoms with Crippen LogP contribution in [0.3, 0.4) is 0 Å². The topological polar surface area (TPSA) is 63.1 Å². The fourth-order valence-electron chi connectivity index (χ4n) is 6.53. The van der Waals surface area contributed by atoms with Gasteiger partial charge in [0.15, 0.2) is 0 Å². The highest BCUT2D eigenvalue weighted by molar-refractivity contribution is 7.12. The first-order chi connectivity index (χ1) is 17.7. The van der Waals surface area contributed by atoms with E-state index in [4.69, 9.17) is 4.98 Å². The number of carbonyl (C=O) groups excluding carboxylic acids is 1. The summed E-state index contributed by atoms with van der Waals surface area (Å²) in [5, 5.41) is 9.48. The average molecular weight is 528 g/mol. The summed E-state index contributed by atoms with van der Waals surface area (Å²) in [5.41, 5.74) is 2.20. The predicted molar refractivity (Wildman–Crippen MR) is 141 cm³/mol. The molecular weight excluding hydrogens is 492 g/mol. The van der Waals surface area contributed by atoms with E-state index in [0.29, 0.717) is 11.5 Å². The highest BCUT2D eigenvalue weighted by Crippen LogP contribution is 2.54. The highest BCUT2D eigenvalue weighted by atomic mass is 32.1. The second kappa shape index (κ2) is 9.42. The van der Waals surface area contributed by atoms with Gasteiger partial charge in [-0.05, 0) is 63.1 Å². The Hall–Kier alpha value is -2.39. The Labute approximate surface area is 220 Å². The number of amides is 1. The lowest BCUT2D eigenvalue weighted by Crippen LogP contribution is -2.47. The van der Waals surface area contributed by atoms with Crippen LogP contribution in [0.15, 0.2) is 24.4 Å². The van der Waals surface area contributed by atoms with Gasteiger partial charge in [-0.2, -0.15) is 5.10 Å². The third-order valence-corrected chi connectivity index (χ3v) is 10.0. The van der Waals surface area contributed by atoms with Crippen LogP contribution in [-0.2, 0) is 25.4 Å². The summed E-state index contributed by atoms with van der Waals surface area (Å²) >= 11 is 1.66. The van der Waals surface area contributed by atoms with Crippen LogP contribution in [0.5, 0.6) is 0 Å². The molecule has 0 atom stereocenters. The minimum atomic E-state index is -2.53. The number of rotatable bonds is 6. The molecule has 9 heteroatoms. The molecule has 0 unspecified atom stereocenters. The molecule has 6 nitrogen and oxygen atoms in total. The van der Waals surface area contributed by atoms with E-state index in [1.54, 1.807) is 16.0 Å². The zero-order valence-corrected chi connectivity index (χ0v) is 22.4. The lowest BCUT2D eigenvalue weighted by molar-refractivity contribution is -0.121.